The zero-order valence-electron chi connectivity index (χ0n) is 17.3. The molecule has 0 fully saturated rings. The predicted molar refractivity (Wildman–Crippen MR) is 110 cm³/mol. The zero-order chi connectivity index (χ0) is 21.9. The monoisotopic (exact) mass is 418 g/mol. The Balaban J connectivity index is 5.28. The van der Waals surface area contributed by atoms with E-state index in [-0.39, 0.29) is 24.8 Å². The van der Waals surface area contributed by atoms with E-state index in [4.69, 9.17) is 5.73 Å². The van der Waals surface area contributed by atoms with Crippen LogP contribution in [-0.4, -0.2) is 65.5 Å². The number of carbonyl (C=O) groups is 4. The van der Waals surface area contributed by atoms with Gasteiger partial charge in [0.15, 0.2) is 0 Å². The van der Waals surface area contributed by atoms with E-state index in [1.165, 1.54) is 11.8 Å². The second-order valence-corrected chi connectivity index (χ2v) is 8.03. The molecule has 0 radical (unpaired) electrons. The highest BCUT2D eigenvalue weighted by Gasteiger charge is 2.32. The van der Waals surface area contributed by atoms with Gasteiger partial charge in [-0.3, -0.25) is 14.4 Å². The van der Waals surface area contributed by atoms with Crippen molar-refractivity contribution >= 4 is 35.5 Å². The third kappa shape index (κ3) is 8.92. The second kappa shape index (κ2) is 13.4. The standard InChI is InChI=1S/C18H34N4O5S/c1-6-11(4)15(21-13(23)9-19)17(25)22-14(10(2)3)16(24)20-12(18(26)27)7-8-28-5/h10-12,14-15H,6-9,19H2,1-5H3,(H,20,24)(H,21,23)(H,22,25)(H,26,27). The molecule has 4 atom stereocenters. The van der Waals surface area contributed by atoms with Gasteiger partial charge in [-0.2, -0.15) is 11.8 Å². The van der Waals surface area contributed by atoms with Gasteiger partial charge in [-0.05, 0) is 30.3 Å². The van der Waals surface area contributed by atoms with Crippen molar-refractivity contribution in [3.63, 3.8) is 0 Å². The topological polar surface area (TPSA) is 151 Å². The average molecular weight is 419 g/mol. The van der Waals surface area contributed by atoms with Crippen molar-refractivity contribution in [3.8, 4) is 0 Å². The number of rotatable bonds is 13. The molecule has 10 heteroatoms. The third-order valence-electron chi connectivity index (χ3n) is 4.47. The number of nitrogens with two attached hydrogens (primary N) is 1. The largest absolute Gasteiger partial charge is 0.480 e. The third-order valence-corrected chi connectivity index (χ3v) is 5.11. The van der Waals surface area contributed by atoms with E-state index < -0.39 is 41.8 Å². The van der Waals surface area contributed by atoms with Gasteiger partial charge in [0.2, 0.25) is 17.7 Å². The fourth-order valence-corrected chi connectivity index (χ4v) is 2.94. The molecule has 3 amide bonds. The van der Waals surface area contributed by atoms with Gasteiger partial charge in [0.05, 0.1) is 6.54 Å². The molecule has 0 aliphatic carbocycles. The first kappa shape index (κ1) is 26.2. The lowest BCUT2D eigenvalue weighted by atomic mass is 9.96. The Kier molecular flexibility index (Phi) is 12.5. The molecule has 0 rings (SSSR count). The number of carboxylic acid groups (broad SMARTS) is 1. The molecule has 0 aliphatic rings. The zero-order valence-corrected chi connectivity index (χ0v) is 18.1. The van der Waals surface area contributed by atoms with Crippen LogP contribution in [0, 0.1) is 11.8 Å². The average Bonchev–Trinajstić information content (AvgIpc) is 2.65. The number of carbonyl (C=O) groups excluding carboxylic acids is 3. The van der Waals surface area contributed by atoms with Crippen LogP contribution in [0.5, 0.6) is 0 Å². The van der Waals surface area contributed by atoms with E-state index in [1.807, 2.05) is 20.1 Å². The number of nitrogens with one attached hydrogen (secondary N) is 3. The lowest BCUT2D eigenvalue weighted by Crippen LogP contribution is -2.59. The molecule has 9 nitrogen and oxygen atoms in total. The van der Waals surface area contributed by atoms with Crippen LogP contribution in [0.15, 0.2) is 0 Å². The Hall–Kier alpha value is -1.81. The van der Waals surface area contributed by atoms with Crippen LogP contribution in [0.1, 0.15) is 40.5 Å². The Morgan fingerprint density at radius 2 is 1.57 bits per heavy atom. The van der Waals surface area contributed by atoms with Crippen LogP contribution in [0.3, 0.4) is 0 Å². The minimum Gasteiger partial charge on any atom is -0.480 e. The molecule has 0 saturated carbocycles. The first-order chi connectivity index (χ1) is 13.1. The Morgan fingerprint density at radius 3 is 2.00 bits per heavy atom. The van der Waals surface area contributed by atoms with E-state index in [2.05, 4.69) is 16.0 Å². The molecule has 0 aromatic heterocycles. The number of carboxylic acids is 1. The number of hydrogen-bond acceptors (Lipinski definition) is 6. The van der Waals surface area contributed by atoms with Gasteiger partial charge in [0.25, 0.3) is 0 Å². The number of amides is 3. The maximum Gasteiger partial charge on any atom is 0.326 e. The fraction of sp³-hybridized carbons (Fsp3) is 0.778. The van der Waals surface area contributed by atoms with Crippen molar-refractivity contribution in [1.29, 1.82) is 0 Å². The molecular weight excluding hydrogens is 384 g/mol. The highest BCUT2D eigenvalue weighted by atomic mass is 32.2. The molecule has 0 bridgehead atoms. The van der Waals surface area contributed by atoms with E-state index in [0.717, 1.165) is 0 Å². The molecule has 6 N–H and O–H groups in total. The molecule has 0 aromatic rings. The molecule has 28 heavy (non-hydrogen) atoms. The minimum absolute atomic E-state index is 0.167. The molecule has 0 spiro atoms. The molecule has 0 saturated heterocycles. The summed E-state index contributed by atoms with van der Waals surface area (Å²) < 4.78 is 0. The van der Waals surface area contributed by atoms with Crippen LogP contribution in [-0.2, 0) is 19.2 Å². The Bertz CT molecular complexity index is 544. The molecule has 4 unspecified atom stereocenters. The summed E-state index contributed by atoms with van der Waals surface area (Å²) in [7, 11) is 0. The van der Waals surface area contributed by atoms with Gasteiger partial charge < -0.3 is 26.8 Å². The summed E-state index contributed by atoms with van der Waals surface area (Å²) in [6.07, 6.45) is 2.77. The van der Waals surface area contributed by atoms with Crippen molar-refractivity contribution in [3.05, 3.63) is 0 Å². The van der Waals surface area contributed by atoms with Crippen LogP contribution >= 0.6 is 11.8 Å². The SMILES string of the molecule is CCC(C)C(NC(=O)CN)C(=O)NC(C(=O)NC(CCSC)C(=O)O)C(C)C. The van der Waals surface area contributed by atoms with Gasteiger partial charge >= 0.3 is 5.97 Å². The second-order valence-electron chi connectivity index (χ2n) is 7.05. The fourth-order valence-electron chi connectivity index (χ4n) is 2.47. The van der Waals surface area contributed by atoms with Gasteiger partial charge in [-0.1, -0.05) is 34.1 Å². The molecule has 0 heterocycles. The number of hydrogen-bond donors (Lipinski definition) is 5. The maximum absolute atomic E-state index is 12.7. The van der Waals surface area contributed by atoms with Crippen LogP contribution in [0.4, 0.5) is 0 Å². The highest BCUT2D eigenvalue weighted by Crippen LogP contribution is 2.11. The number of aliphatic carboxylic acids is 1. The van der Waals surface area contributed by atoms with Crippen molar-refractivity contribution < 1.29 is 24.3 Å². The van der Waals surface area contributed by atoms with Crippen LogP contribution in [0.25, 0.3) is 0 Å². The van der Waals surface area contributed by atoms with Gasteiger partial charge in [0.1, 0.15) is 18.1 Å². The lowest BCUT2D eigenvalue weighted by molar-refractivity contribution is -0.142. The van der Waals surface area contributed by atoms with E-state index in [1.54, 1.807) is 13.8 Å². The summed E-state index contributed by atoms with van der Waals surface area (Å²) in [6.45, 7) is 6.95. The summed E-state index contributed by atoms with van der Waals surface area (Å²) >= 11 is 1.48. The van der Waals surface area contributed by atoms with Crippen molar-refractivity contribution in [2.24, 2.45) is 17.6 Å². The normalized spacial score (nSPS) is 15.2. The van der Waals surface area contributed by atoms with Gasteiger partial charge in [-0.25, -0.2) is 4.79 Å². The smallest absolute Gasteiger partial charge is 0.326 e. The van der Waals surface area contributed by atoms with Crippen LogP contribution < -0.4 is 21.7 Å². The summed E-state index contributed by atoms with van der Waals surface area (Å²) in [5.74, 6) is -2.51. The van der Waals surface area contributed by atoms with E-state index in [0.29, 0.717) is 12.2 Å². The summed E-state index contributed by atoms with van der Waals surface area (Å²) in [4.78, 5) is 48.4. The molecule has 0 aliphatic heterocycles. The Morgan fingerprint density at radius 1 is 1.00 bits per heavy atom. The first-order valence-corrected chi connectivity index (χ1v) is 10.8. The lowest BCUT2D eigenvalue weighted by Gasteiger charge is -2.28. The predicted octanol–water partition coefficient (Wildman–Crippen LogP) is -0.0607. The van der Waals surface area contributed by atoms with Crippen LogP contribution in [0.2, 0.25) is 0 Å². The van der Waals surface area contributed by atoms with E-state index >= 15 is 0 Å². The maximum atomic E-state index is 12.7. The molecular formula is C18H34N4O5S. The van der Waals surface area contributed by atoms with Crippen molar-refractivity contribution in [2.45, 2.75) is 58.7 Å². The van der Waals surface area contributed by atoms with Crippen molar-refractivity contribution in [1.82, 2.24) is 16.0 Å². The van der Waals surface area contributed by atoms with Gasteiger partial charge in [-0.15, -0.1) is 0 Å². The van der Waals surface area contributed by atoms with E-state index in [9.17, 15) is 24.3 Å². The highest BCUT2D eigenvalue weighted by molar-refractivity contribution is 7.98. The Labute approximate surface area is 170 Å². The number of thioether (sulfide) groups is 1. The summed E-state index contributed by atoms with van der Waals surface area (Å²) in [6, 6.07) is -2.78. The molecule has 0 aromatic carbocycles. The summed E-state index contributed by atoms with van der Waals surface area (Å²) in [5, 5.41) is 17.0. The minimum atomic E-state index is -1.12. The van der Waals surface area contributed by atoms with Crippen molar-refractivity contribution in [2.75, 3.05) is 18.6 Å². The summed E-state index contributed by atoms with van der Waals surface area (Å²) in [5.41, 5.74) is 5.32. The quantitative estimate of drug-likeness (QED) is 0.281. The van der Waals surface area contributed by atoms with Gasteiger partial charge in [0, 0.05) is 0 Å². The first-order valence-electron chi connectivity index (χ1n) is 9.40. The molecule has 162 valence electrons.